The molecule has 1 heteroatoms. The number of nitrogens with zero attached hydrogens (tertiary/aromatic N) is 1. The molecule has 2 aliphatic rings. The molecule has 1 aromatic heterocycles. The molecule has 0 unspecified atom stereocenters. The zero-order chi connectivity index (χ0) is 27.7. The minimum Gasteiger partial charge on any atom is -0.256 e. The summed E-state index contributed by atoms with van der Waals surface area (Å²) in [5.74, 6) is 0. The third kappa shape index (κ3) is 2.71. The van der Waals surface area contributed by atoms with Gasteiger partial charge in [0.05, 0.1) is 5.52 Å². The van der Waals surface area contributed by atoms with E-state index < -0.39 is 0 Å². The van der Waals surface area contributed by atoms with Crippen LogP contribution in [0.3, 0.4) is 0 Å². The van der Waals surface area contributed by atoms with Crippen molar-refractivity contribution >= 4 is 43.2 Å². The van der Waals surface area contributed by atoms with Gasteiger partial charge in [-0.3, -0.25) is 4.98 Å². The molecule has 10 rings (SSSR count). The molecule has 0 saturated carbocycles. The van der Waals surface area contributed by atoms with E-state index in [1.807, 2.05) is 6.20 Å². The molecular formula is C41H25N. The van der Waals surface area contributed by atoms with Crippen LogP contribution in [0.15, 0.2) is 115 Å². The van der Waals surface area contributed by atoms with Gasteiger partial charge in [0.15, 0.2) is 0 Å². The van der Waals surface area contributed by atoms with Crippen LogP contribution in [0.1, 0.15) is 11.1 Å². The van der Waals surface area contributed by atoms with Gasteiger partial charge in [-0.25, -0.2) is 0 Å². The molecule has 2 aliphatic carbocycles. The summed E-state index contributed by atoms with van der Waals surface area (Å²) >= 11 is 0. The summed E-state index contributed by atoms with van der Waals surface area (Å²) in [5.41, 5.74) is 16.8. The van der Waals surface area contributed by atoms with Gasteiger partial charge in [0.2, 0.25) is 0 Å². The lowest BCUT2D eigenvalue weighted by Crippen LogP contribution is -1.90. The SMILES string of the molecule is Cc1ccc2c(c1)c(-c1cc3c4c(ccnc4c1)-c1ccccc1-3)cc1c3ccc(C)c4c3c(cc21)-c1ccccc1-4. The Bertz CT molecular complexity index is 2530. The predicted octanol–water partition coefficient (Wildman–Crippen LogP) is 11.3. The molecule has 0 bridgehead atoms. The lowest BCUT2D eigenvalue weighted by molar-refractivity contribution is 1.42. The van der Waals surface area contributed by atoms with E-state index in [1.165, 1.54) is 104 Å². The summed E-state index contributed by atoms with van der Waals surface area (Å²) in [6.07, 6.45) is 1.96. The van der Waals surface area contributed by atoms with Crippen LogP contribution in [0.25, 0.3) is 98.9 Å². The van der Waals surface area contributed by atoms with Crippen LogP contribution in [-0.4, -0.2) is 4.98 Å². The molecule has 0 spiro atoms. The van der Waals surface area contributed by atoms with E-state index in [2.05, 4.69) is 123 Å². The predicted molar refractivity (Wildman–Crippen MR) is 178 cm³/mol. The maximum atomic E-state index is 4.89. The fourth-order valence-electron chi connectivity index (χ4n) is 7.93. The Morgan fingerprint density at radius 2 is 1.10 bits per heavy atom. The van der Waals surface area contributed by atoms with Crippen LogP contribution in [-0.2, 0) is 0 Å². The summed E-state index contributed by atoms with van der Waals surface area (Å²) in [7, 11) is 0. The van der Waals surface area contributed by atoms with E-state index >= 15 is 0 Å². The lowest BCUT2D eigenvalue weighted by Gasteiger charge is -2.16. The Kier molecular flexibility index (Phi) is 4.12. The third-order valence-corrected chi connectivity index (χ3v) is 9.74. The zero-order valence-corrected chi connectivity index (χ0v) is 23.4. The number of aryl methyl sites for hydroxylation is 2. The Balaban J connectivity index is 1.36. The van der Waals surface area contributed by atoms with Crippen molar-refractivity contribution in [3.8, 4) is 55.6 Å². The molecule has 0 fully saturated rings. The number of hydrogen-bond donors (Lipinski definition) is 0. The van der Waals surface area contributed by atoms with Crippen molar-refractivity contribution in [3.63, 3.8) is 0 Å². The first-order valence-electron chi connectivity index (χ1n) is 14.7. The normalized spacial score (nSPS) is 12.5. The van der Waals surface area contributed by atoms with Gasteiger partial charge in [-0.15, -0.1) is 0 Å². The zero-order valence-electron chi connectivity index (χ0n) is 23.4. The van der Waals surface area contributed by atoms with Crippen molar-refractivity contribution in [2.45, 2.75) is 13.8 Å². The lowest BCUT2D eigenvalue weighted by atomic mass is 9.87. The average Bonchev–Trinajstić information content (AvgIpc) is 3.53. The maximum absolute atomic E-state index is 4.89. The monoisotopic (exact) mass is 531 g/mol. The van der Waals surface area contributed by atoms with Gasteiger partial charge < -0.3 is 0 Å². The molecule has 0 saturated heterocycles. The summed E-state index contributed by atoms with van der Waals surface area (Å²) < 4.78 is 0. The van der Waals surface area contributed by atoms with Gasteiger partial charge in [-0.1, -0.05) is 84.4 Å². The van der Waals surface area contributed by atoms with Gasteiger partial charge in [0.25, 0.3) is 0 Å². The number of rotatable bonds is 1. The van der Waals surface area contributed by atoms with Gasteiger partial charge in [-0.2, -0.15) is 0 Å². The molecule has 194 valence electrons. The maximum Gasteiger partial charge on any atom is 0.0720 e. The Hall–Kier alpha value is -5.27. The average molecular weight is 532 g/mol. The molecule has 7 aromatic carbocycles. The van der Waals surface area contributed by atoms with Crippen molar-refractivity contribution in [1.29, 1.82) is 0 Å². The molecule has 0 atom stereocenters. The number of fused-ring (bicyclic) bond motifs is 10. The Morgan fingerprint density at radius 3 is 1.93 bits per heavy atom. The fraction of sp³-hybridized carbons (Fsp3) is 0.0488. The van der Waals surface area contributed by atoms with E-state index in [-0.39, 0.29) is 0 Å². The van der Waals surface area contributed by atoms with E-state index in [9.17, 15) is 0 Å². The number of benzene rings is 7. The topological polar surface area (TPSA) is 12.9 Å². The first kappa shape index (κ1) is 22.4. The Morgan fingerprint density at radius 1 is 0.429 bits per heavy atom. The van der Waals surface area contributed by atoms with Gasteiger partial charge in [0.1, 0.15) is 0 Å². The second-order valence-electron chi connectivity index (χ2n) is 12.0. The minimum absolute atomic E-state index is 1.06. The largest absolute Gasteiger partial charge is 0.256 e. The Labute approximate surface area is 243 Å². The van der Waals surface area contributed by atoms with Gasteiger partial charge in [0, 0.05) is 11.6 Å². The van der Waals surface area contributed by atoms with Crippen molar-refractivity contribution < 1.29 is 0 Å². The van der Waals surface area contributed by atoms with Crippen LogP contribution < -0.4 is 0 Å². The minimum atomic E-state index is 1.06. The first-order valence-corrected chi connectivity index (χ1v) is 14.7. The standard InChI is InChI=1S/C41H25N/c1-22-11-13-28-33(17-22)32(24-18-36-26-8-4-3-7-25(26)31-15-16-42-38(19-24)40(31)36)20-35-30-14-12-23(2)39-29-10-6-5-9-27(29)37(41(30)39)21-34(28)35/h3-21H,1-2H3. The van der Waals surface area contributed by atoms with Gasteiger partial charge in [-0.05, 0) is 138 Å². The third-order valence-electron chi connectivity index (χ3n) is 9.74. The highest BCUT2D eigenvalue weighted by Gasteiger charge is 2.26. The quantitative estimate of drug-likeness (QED) is 0.192. The van der Waals surface area contributed by atoms with E-state index in [1.54, 1.807) is 0 Å². The molecular weight excluding hydrogens is 506 g/mol. The fourth-order valence-corrected chi connectivity index (χ4v) is 7.93. The number of aromatic nitrogens is 1. The van der Waals surface area contributed by atoms with Crippen molar-refractivity contribution in [3.05, 3.63) is 127 Å². The van der Waals surface area contributed by atoms with Crippen LogP contribution in [0.2, 0.25) is 0 Å². The van der Waals surface area contributed by atoms with Crippen molar-refractivity contribution in [2.75, 3.05) is 0 Å². The smallest absolute Gasteiger partial charge is 0.0720 e. The van der Waals surface area contributed by atoms with Gasteiger partial charge >= 0.3 is 0 Å². The van der Waals surface area contributed by atoms with Crippen LogP contribution in [0, 0.1) is 13.8 Å². The molecule has 8 aromatic rings. The highest BCUT2D eigenvalue weighted by molar-refractivity contribution is 6.29. The molecule has 0 aliphatic heterocycles. The number of hydrogen-bond acceptors (Lipinski definition) is 1. The summed E-state index contributed by atoms with van der Waals surface area (Å²) in [5, 5.41) is 9.21. The van der Waals surface area contributed by atoms with E-state index in [0.29, 0.717) is 0 Å². The molecule has 0 radical (unpaired) electrons. The van der Waals surface area contributed by atoms with Crippen molar-refractivity contribution in [2.24, 2.45) is 0 Å². The summed E-state index contributed by atoms with van der Waals surface area (Å²) in [6, 6.07) is 41.1. The second-order valence-corrected chi connectivity index (χ2v) is 12.0. The molecule has 42 heavy (non-hydrogen) atoms. The summed E-state index contributed by atoms with van der Waals surface area (Å²) in [4.78, 5) is 4.89. The molecule has 1 heterocycles. The molecule has 0 N–H and O–H groups in total. The molecule has 0 amide bonds. The van der Waals surface area contributed by atoms with Crippen molar-refractivity contribution in [1.82, 2.24) is 4.98 Å². The van der Waals surface area contributed by atoms with E-state index in [4.69, 9.17) is 4.98 Å². The highest BCUT2D eigenvalue weighted by atomic mass is 14.7. The van der Waals surface area contributed by atoms with Crippen LogP contribution in [0.4, 0.5) is 0 Å². The molecule has 1 nitrogen and oxygen atoms in total. The van der Waals surface area contributed by atoms with E-state index in [0.717, 1.165) is 5.52 Å². The number of pyridine rings is 1. The summed E-state index contributed by atoms with van der Waals surface area (Å²) in [6.45, 7) is 4.44. The first-order chi connectivity index (χ1) is 20.7. The van der Waals surface area contributed by atoms with Crippen LogP contribution >= 0.6 is 0 Å². The highest BCUT2D eigenvalue weighted by Crippen LogP contribution is 2.53. The van der Waals surface area contributed by atoms with Crippen LogP contribution in [0.5, 0.6) is 0 Å². The second kappa shape index (κ2) is 7.72.